The summed E-state index contributed by atoms with van der Waals surface area (Å²) in [6.07, 6.45) is 8.24. The summed E-state index contributed by atoms with van der Waals surface area (Å²) in [5.74, 6) is 3.29. The average molecular weight is 327 g/mol. The zero-order valence-electron chi connectivity index (χ0n) is 14.5. The number of aromatic nitrogens is 2. The van der Waals surface area contributed by atoms with Gasteiger partial charge in [-0.05, 0) is 46.0 Å². The SMILES string of the molecule is Cc1cnc([C@@H]2CCCN(C(=O)c3c(C)oc4c3CCCC4)C2)[nH]1. The molecule has 2 aliphatic rings. The Hall–Kier alpha value is -2.04. The van der Waals surface area contributed by atoms with Gasteiger partial charge in [-0.3, -0.25) is 4.79 Å². The molecule has 24 heavy (non-hydrogen) atoms. The Labute approximate surface area is 142 Å². The van der Waals surface area contributed by atoms with Crippen molar-refractivity contribution >= 4 is 5.91 Å². The minimum absolute atomic E-state index is 0.146. The molecule has 1 fully saturated rings. The molecule has 2 aromatic heterocycles. The van der Waals surface area contributed by atoms with Crippen LogP contribution in [0.5, 0.6) is 0 Å². The molecule has 1 aliphatic carbocycles. The molecule has 0 radical (unpaired) electrons. The number of hydrogen-bond acceptors (Lipinski definition) is 3. The van der Waals surface area contributed by atoms with Crippen LogP contribution in [0.2, 0.25) is 0 Å². The summed E-state index contributed by atoms with van der Waals surface area (Å²) in [6.45, 7) is 5.52. The second-order valence-electron chi connectivity index (χ2n) is 7.18. The van der Waals surface area contributed by atoms with E-state index in [2.05, 4.69) is 9.97 Å². The number of furan rings is 1. The molecule has 1 N–H and O–H groups in total. The molecule has 128 valence electrons. The van der Waals surface area contributed by atoms with Crippen LogP contribution in [-0.4, -0.2) is 33.9 Å². The van der Waals surface area contributed by atoms with Gasteiger partial charge in [0.1, 0.15) is 17.3 Å². The summed E-state index contributed by atoms with van der Waals surface area (Å²) in [7, 11) is 0. The first-order valence-corrected chi connectivity index (χ1v) is 9.05. The van der Waals surface area contributed by atoms with E-state index in [9.17, 15) is 4.79 Å². The zero-order chi connectivity index (χ0) is 16.7. The highest BCUT2D eigenvalue weighted by molar-refractivity contribution is 5.97. The first-order valence-electron chi connectivity index (χ1n) is 9.05. The topological polar surface area (TPSA) is 62.1 Å². The number of amides is 1. The van der Waals surface area contributed by atoms with E-state index in [4.69, 9.17) is 4.42 Å². The Balaban J connectivity index is 1.57. The van der Waals surface area contributed by atoms with Gasteiger partial charge in [-0.2, -0.15) is 0 Å². The van der Waals surface area contributed by atoms with E-state index in [1.54, 1.807) is 0 Å². The maximum Gasteiger partial charge on any atom is 0.257 e. The van der Waals surface area contributed by atoms with Crippen LogP contribution >= 0.6 is 0 Å². The molecule has 0 aromatic carbocycles. The highest BCUT2D eigenvalue weighted by Gasteiger charge is 2.32. The Morgan fingerprint density at radius 3 is 2.92 bits per heavy atom. The Kier molecular flexibility index (Phi) is 3.94. The van der Waals surface area contributed by atoms with Gasteiger partial charge in [-0.1, -0.05) is 0 Å². The van der Waals surface area contributed by atoms with Gasteiger partial charge in [0.15, 0.2) is 0 Å². The third kappa shape index (κ3) is 2.66. The number of carbonyl (C=O) groups is 1. The summed E-state index contributed by atoms with van der Waals surface area (Å²) in [4.78, 5) is 23.0. The quantitative estimate of drug-likeness (QED) is 0.918. The molecule has 0 saturated carbocycles. The molecule has 1 amide bonds. The number of hydrogen-bond donors (Lipinski definition) is 1. The molecule has 5 nitrogen and oxygen atoms in total. The number of imidazole rings is 1. The van der Waals surface area contributed by atoms with Crippen LogP contribution in [0.15, 0.2) is 10.6 Å². The highest BCUT2D eigenvalue weighted by Crippen LogP contribution is 2.32. The van der Waals surface area contributed by atoms with Gasteiger partial charge >= 0.3 is 0 Å². The van der Waals surface area contributed by atoms with Crippen LogP contribution in [0.4, 0.5) is 0 Å². The standard InChI is InChI=1S/C19H25N3O2/c1-12-10-20-18(21-12)14-6-5-9-22(11-14)19(23)17-13(2)24-16-8-4-3-7-15(16)17/h10,14H,3-9,11H2,1-2H3,(H,20,21)/t14-/m1/s1. The Morgan fingerprint density at radius 1 is 1.29 bits per heavy atom. The summed E-state index contributed by atoms with van der Waals surface area (Å²) >= 11 is 0. The number of nitrogens with zero attached hydrogens (tertiary/aromatic N) is 2. The third-order valence-corrected chi connectivity index (χ3v) is 5.38. The monoisotopic (exact) mass is 327 g/mol. The molecule has 0 bridgehead atoms. The van der Waals surface area contributed by atoms with E-state index in [1.807, 2.05) is 24.9 Å². The lowest BCUT2D eigenvalue weighted by atomic mass is 9.92. The van der Waals surface area contributed by atoms with Crippen molar-refractivity contribution in [2.24, 2.45) is 0 Å². The molecule has 5 heteroatoms. The summed E-state index contributed by atoms with van der Waals surface area (Å²) < 4.78 is 5.90. The summed E-state index contributed by atoms with van der Waals surface area (Å²) in [6, 6.07) is 0. The smallest absolute Gasteiger partial charge is 0.257 e. The maximum absolute atomic E-state index is 13.2. The largest absolute Gasteiger partial charge is 0.465 e. The van der Waals surface area contributed by atoms with Gasteiger partial charge in [0.05, 0.1) is 5.56 Å². The van der Waals surface area contributed by atoms with Crippen LogP contribution < -0.4 is 0 Å². The fraction of sp³-hybridized carbons (Fsp3) is 0.579. The lowest BCUT2D eigenvalue weighted by Crippen LogP contribution is -2.40. The number of carbonyl (C=O) groups excluding carboxylic acids is 1. The van der Waals surface area contributed by atoms with Gasteiger partial charge in [0.25, 0.3) is 5.91 Å². The zero-order valence-corrected chi connectivity index (χ0v) is 14.5. The Bertz CT molecular complexity index is 759. The number of piperidine rings is 1. The van der Waals surface area contributed by atoms with Crippen molar-refractivity contribution in [3.05, 3.63) is 40.4 Å². The van der Waals surface area contributed by atoms with Crippen molar-refractivity contribution in [1.82, 2.24) is 14.9 Å². The van der Waals surface area contributed by atoms with Crippen LogP contribution in [-0.2, 0) is 12.8 Å². The third-order valence-electron chi connectivity index (χ3n) is 5.38. The van der Waals surface area contributed by atoms with Gasteiger partial charge < -0.3 is 14.3 Å². The lowest BCUT2D eigenvalue weighted by Gasteiger charge is -2.32. The number of aromatic amines is 1. The highest BCUT2D eigenvalue weighted by atomic mass is 16.3. The summed E-state index contributed by atoms with van der Waals surface area (Å²) in [5, 5.41) is 0. The van der Waals surface area contributed by atoms with Crippen molar-refractivity contribution in [3.8, 4) is 0 Å². The van der Waals surface area contributed by atoms with Crippen LogP contribution in [0, 0.1) is 13.8 Å². The van der Waals surface area contributed by atoms with Gasteiger partial charge in [-0.25, -0.2) is 4.98 Å². The van der Waals surface area contributed by atoms with Crippen LogP contribution in [0.3, 0.4) is 0 Å². The molecule has 4 rings (SSSR count). The van der Waals surface area contributed by atoms with E-state index in [0.717, 1.165) is 80.2 Å². The molecule has 3 heterocycles. The minimum Gasteiger partial charge on any atom is -0.465 e. The van der Waals surface area contributed by atoms with Crippen LogP contribution in [0.25, 0.3) is 0 Å². The normalized spacial score (nSPS) is 20.9. The fourth-order valence-corrected chi connectivity index (χ4v) is 4.17. The minimum atomic E-state index is 0.146. The van der Waals surface area contributed by atoms with Gasteiger partial charge in [-0.15, -0.1) is 0 Å². The number of H-pyrrole nitrogens is 1. The van der Waals surface area contributed by atoms with Gasteiger partial charge in [0.2, 0.25) is 0 Å². The van der Waals surface area contributed by atoms with E-state index < -0.39 is 0 Å². The molecular weight excluding hydrogens is 302 g/mol. The average Bonchev–Trinajstić information content (AvgIpc) is 3.17. The van der Waals surface area contributed by atoms with E-state index in [0.29, 0.717) is 5.92 Å². The number of fused-ring (bicyclic) bond motifs is 1. The van der Waals surface area contributed by atoms with Crippen molar-refractivity contribution < 1.29 is 9.21 Å². The predicted molar refractivity (Wildman–Crippen MR) is 91.3 cm³/mol. The molecule has 0 unspecified atom stereocenters. The van der Waals surface area contributed by atoms with E-state index in [-0.39, 0.29) is 5.91 Å². The fourth-order valence-electron chi connectivity index (χ4n) is 4.17. The molecule has 1 aliphatic heterocycles. The first kappa shape index (κ1) is 15.5. The number of likely N-dealkylation sites (tertiary alicyclic amines) is 1. The first-order chi connectivity index (χ1) is 11.6. The van der Waals surface area contributed by atoms with Crippen molar-refractivity contribution in [2.75, 3.05) is 13.1 Å². The maximum atomic E-state index is 13.2. The van der Waals surface area contributed by atoms with Crippen molar-refractivity contribution in [2.45, 2.75) is 58.3 Å². The van der Waals surface area contributed by atoms with Gasteiger partial charge in [0, 0.05) is 42.9 Å². The summed E-state index contributed by atoms with van der Waals surface area (Å²) in [5.41, 5.74) is 3.08. The number of nitrogens with one attached hydrogen (secondary N) is 1. The molecule has 1 saturated heterocycles. The second-order valence-corrected chi connectivity index (χ2v) is 7.18. The molecule has 0 spiro atoms. The second kappa shape index (κ2) is 6.11. The molecule has 1 atom stereocenters. The molecular formula is C19H25N3O2. The lowest BCUT2D eigenvalue weighted by molar-refractivity contribution is 0.0702. The predicted octanol–water partition coefficient (Wildman–Crippen LogP) is 3.52. The van der Waals surface area contributed by atoms with E-state index in [1.165, 1.54) is 5.56 Å². The van der Waals surface area contributed by atoms with Crippen molar-refractivity contribution in [3.63, 3.8) is 0 Å². The molecule has 2 aromatic rings. The number of rotatable bonds is 2. The van der Waals surface area contributed by atoms with Crippen LogP contribution in [0.1, 0.15) is 70.6 Å². The Morgan fingerprint density at radius 2 is 2.12 bits per heavy atom. The van der Waals surface area contributed by atoms with E-state index >= 15 is 0 Å². The van der Waals surface area contributed by atoms with Crippen molar-refractivity contribution in [1.29, 1.82) is 0 Å². The number of aryl methyl sites for hydroxylation is 3.